The second kappa shape index (κ2) is 11.3. The second-order valence-electron chi connectivity index (χ2n) is 7.30. The number of carbonyl (C=O) groups is 2. The second-order valence-corrected chi connectivity index (χ2v) is 8.53. The van der Waals surface area contributed by atoms with Gasteiger partial charge in [-0.1, -0.05) is 24.3 Å². The third-order valence-corrected chi connectivity index (χ3v) is 5.85. The molecule has 0 atom stereocenters. The van der Waals surface area contributed by atoms with E-state index in [0.29, 0.717) is 29.9 Å². The molecule has 31 heavy (non-hydrogen) atoms. The summed E-state index contributed by atoms with van der Waals surface area (Å²) in [7, 11) is 0. The number of nitrogens with one attached hydrogen (secondary N) is 1. The minimum Gasteiger partial charge on any atom is -0.337 e. The van der Waals surface area contributed by atoms with Crippen molar-refractivity contribution in [2.24, 2.45) is 0 Å². The Hall–Kier alpha value is -3.08. The Kier molecular flexibility index (Phi) is 8.27. The zero-order valence-corrected chi connectivity index (χ0v) is 18.2. The summed E-state index contributed by atoms with van der Waals surface area (Å²) in [6, 6.07) is 16.6. The molecule has 1 saturated heterocycles. The van der Waals surface area contributed by atoms with E-state index in [1.807, 2.05) is 39.8 Å². The van der Waals surface area contributed by atoms with Gasteiger partial charge in [-0.3, -0.25) is 14.5 Å². The van der Waals surface area contributed by atoms with Crippen LogP contribution in [0.4, 0.5) is 5.69 Å². The fraction of sp³-hybridized carbons (Fsp3) is 0.292. The first-order chi connectivity index (χ1) is 15.1. The Balaban J connectivity index is 1.62. The molecule has 160 valence electrons. The van der Waals surface area contributed by atoms with E-state index in [9.17, 15) is 9.59 Å². The smallest absolute Gasteiger partial charge is 0.253 e. The highest BCUT2D eigenvalue weighted by Gasteiger charge is 2.19. The number of carbonyl (C=O) groups excluding carboxylic acids is 2. The molecule has 0 radical (unpaired) electrons. The van der Waals surface area contributed by atoms with Crippen molar-refractivity contribution in [2.75, 3.05) is 43.0 Å². The van der Waals surface area contributed by atoms with Gasteiger partial charge in [-0.25, -0.2) is 0 Å². The molecular formula is C24H26N4O2S. The van der Waals surface area contributed by atoms with Crippen molar-refractivity contribution in [3.8, 4) is 6.07 Å². The molecule has 1 aliphatic heterocycles. The van der Waals surface area contributed by atoms with Crippen LogP contribution in [-0.2, 0) is 11.3 Å². The van der Waals surface area contributed by atoms with Gasteiger partial charge in [0.05, 0.1) is 18.2 Å². The Labute approximate surface area is 187 Å². The fourth-order valence-corrected chi connectivity index (χ4v) is 4.35. The highest BCUT2D eigenvalue weighted by Crippen LogP contribution is 2.16. The lowest BCUT2D eigenvalue weighted by Gasteiger charge is -2.26. The maximum Gasteiger partial charge on any atom is 0.253 e. The largest absolute Gasteiger partial charge is 0.337 e. The average Bonchev–Trinajstić information content (AvgIpc) is 2.79. The normalized spacial score (nSPS) is 13.5. The van der Waals surface area contributed by atoms with Crippen molar-refractivity contribution in [3.63, 3.8) is 0 Å². The van der Waals surface area contributed by atoms with Crippen LogP contribution in [0.1, 0.15) is 21.5 Å². The number of anilines is 1. The predicted octanol–water partition coefficient (Wildman–Crippen LogP) is 3.37. The van der Waals surface area contributed by atoms with E-state index in [4.69, 9.17) is 5.26 Å². The van der Waals surface area contributed by atoms with Crippen molar-refractivity contribution >= 4 is 29.3 Å². The first kappa shape index (κ1) is 22.6. The molecule has 0 saturated carbocycles. The molecule has 2 aromatic carbocycles. The van der Waals surface area contributed by atoms with E-state index in [1.54, 1.807) is 36.4 Å². The van der Waals surface area contributed by atoms with Gasteiger partial charge in [0.15, 0.2) is 0 Å². The highest BCUT2D eigenvalue weighted by atomic mass is 32.2. The van der Waals surface area contributed by atoms with Crippen LogP contribution in [0, 0.1) is 11.3 Å². The number of nitriles is 1. The molecule has 1 N–H and O–H groups in total. The van der Waals surface area contributed by atoms with E-state index < -0.39 is 0 Å². The lowest BCUT2D eigenvalue weighted by atomic mass is 10.1. The Morgan fingerprint density at radius 1 is 1.19 bits per heavy atom. The van der Waals surface area contributed by atoms with Gasteiger partial charge in [0.25, 0.3) is 5.91 Å². The van der Waals surface area contributed by atoms with Gasteiger partial charge in [-0.05, 0) is 35.9 Å². The van der Waals surface area contributed by atoms with Crippen LogP contribution in [0.25, 0.3) is 0 Å². The van der Waals surface area contributed by atoms with Crippen LogP contribution >= 0.6 is 11.8 Å². The van der Waals surface area contributed by atoms with Crippen LogP contribution in [0.2, 0.25) is 0 Å². The van der Waals surface area contributed by atoms with Crippen molar-refractivity contribution in [1.82, 2.24) is 9.80 Å². The SMILES string of the molecule is C=CCN(CC(=O)Nc1cccc(C(=O)N2CCSCC2)c1)Cc1cccc(C#N)c1. The van der Waals surface area contributed by atoms with Crippen molar-refractivity contribution in [2.45, 2.75) is 6.54 Å². The number of nitrogens with zero attached hydrogens (tertiary/aromatic N) is 3. The Morgan fingerprint density at radius 2 is 1.97 bits per heavy atom. The molecule has 1 fully saturated rings. The van der Waals surface area contributed by atoms with Crippen molar-refractivity contribution < 1.29 is 9.59 Å². The monoisotopic (exact) mass is 434 g/mol. The number of hydrogen-bond acceptors (Lipinski definition) is 5. The third-order valence-electron chi connectivity index (χ3n) is 4.91. The zero-order valence-electron chi connectivity index (χ0n) is 17.4. The molecular weight excluding hydrogens is 408 g/mol. The number of rotatable bonds is 8. The van der Waals surface area contributed by atoms with Crippen LogP contribution in [0.3, 0.4) is 0 Å². The summed E-state index contributed by atoms with van der Waals surface area (Å²) >= 11 is 1.86. The van der Waals surface area contributed by atoms with Crippen LogP contribution in [0.5, 0.6) is 0 Å². The minimum absolute atomic E-state index is 0.00191. The van der Waals surface area contributed by atoms with Crippen molar-refractivity contribution in [1.29, 1.82) is 5.26 Å². The van der Waals surface area contributed by atoms with Gasteiger partial charge in [0.2, 0.25) is 5.91 Å². The van der Waals surface area contributed by atoms with Crippen molar-refractivity contribution in [3.05, 3.63) is 77.9 Å². The summed E-state index contributed by atoms with van der Waals surface area (Å²) in [4.78, 5) is 29.2. The number of hydrogen-bond donors (Lipinski definition) is 1. The third kappa shape index (κ3) is 6.71. The van der Waals surface area contributed by atoms with Crippen LogP contribution in [0.15, 0.2) is 61.2 Å². The summed E-state index contributed by atoms with van der Waals surface area (Å²) in [6.07, 6.45) is 1.75. The molecule has 7 heteroatoms. The lowest BCUT2D eigenvalue weighted by Crippen LogP contribution is -2.38. The molecule has 0 bridgehead atoms. The van der Waals surface area contributed by atoms with Gasteiger partial charge in [0.1, 0.15) is 0 Å². The maximum absolute atomic E-state index is 12.7. The Bertz CT molecular complexity index is 980. The number of benzene rings is 2. The molecule has 2 amide bonds. The van der Waals surface area contributed by atoms with E-state index in [-0.39, 0.29) is 18.4 Å². The fourth-order valence-electron chi connectivity index (χ4n) is 3.45. The molecule has 0 spiro atoms. The first-order valence-corrected chi connectivity index (χ1v) is 11.3. The van der Waals surface area contributed by atoms with Gasteiger partial charge in [-0.2, -0.15) is 17.0 Å². The first-order valence-electron chi connectivity index (χ1n) is 10.2. The van der Waals surface area contributed by atoms with E-state index in [1.165, 1.54) is 0 Å². The average molecular weight is 435 g/mol. The summed E-state index contributed by atoms with van der Waals surface area (Å²) < 4.78 is 0. The molecule has 1 aliphatic rings. The van der Waals surface area contributed by atoms with E-state index in [2.05, 4.69) is 18.0 Å². The standard InChI is InChI=1S/C24H26N4O2S/c1-2-9-27(17-20-6-3-5-19(14-20)16-25)18-23(29)26-22-8-4-7-21(15-22)24(30)28-10-12-31-13-11-28/h2-8,14-15H,1,9-13,17-18H2,(H,26,29). The zero-order chi connectivity index (χ0) is 22.1. The molecule has 6 nitrogen and oxygen atoms in total. The summed E-state index contributed by atoms with van der Waals surface area (Å²) in [6.45, 7) is 6.52. The number of thioether (sulfide) groups is 1. The molecule has 2 aromatic rings. The van der Waals surface area contributed by atoms with Gasteiger partial charge < -0.3 is 10.2 Å². The van der Waals surface area contributed by atoms with Gasteiger partial charge in [-0.15, -0.1) is 6.58 Å². The number of amides is 2. The van der Waals surface area contributed by atoms with Crippen LogP contribution in [-0.4, -0.2) is 59.3 Å². The van der Waals surface area contributed by atoms with Gasteiger partial charge >= 0.3 is 0 Å². The predicted molar refractivity (Wildman–Crippen MR) is 125 cm³/mol. The Morgan fingerprint density at radius 3 is 2.71 bits per heavy atom. The highest BCUT2D eigenvalue weighted by molar-refractivity contribution is 7.99. The molecule has 0 unspecified atom stereocenters. The maximum atomic E-state index is 12.7. The molecule has 0 aliphatic carbocycles. The van der Waals surface area contributed by atoms with E-state index in [0.717, 1.165) is 30.2 Å². The summed E-state index contributed by atoms with van der Waals surface area (Å²) in [5, 5.41) is 12.0. The molecule has 0 aromatic heterocycles. The summed E-state index contributed by atoms with van der Waals surface area (Å²) in [5.74, 6) is 1.75. The lowest BCUT2D eigenvalue weighted by molar-refractivity contribution is -0.117. The van der Waals surface area contributed by atoms with Gasteiger partial charge in [0, 0.05) is 48.9 Å². The van der Waals surface area contributed by atoms with E-state index >= 15 is 0 Å². The summed E-state index contributed by atoms with van der Waals surface area (Å²) in [5.41, 5.74) is 2.74. The molecule has 3 rings (SSSR count). The topological polar surface area (TPSA) is 76.4 Å². The minimum atomic E-state index is -0.169. The molecule has 1 heterocycles. The van der Waals surface area contributed by atoms with Crippen LogP contribution < -0.4 is 5.32 Å². The quantitative estimate of drug-likeness (QED) is 0.645.